The molecule has 6 heteroatoms. The minimum Gasteiger partial charge on any atom is -0.491 e. The Morgan fingerprint density at radius 2 is 2.00 bits per heavy atom. The Balaban J connectivity index is 2.54. The first-order chi connectivity index (χ1) is 9.17. The van der Waals surface area contributed by atoms with E-state index in [1.165, 1.54) is 19.5 Å². The lowest BCUT2D eigenvalue weighted by Crippen LogP contribution is -2.04. The standard InChI is InChI=1S/C13H13F2N3O/c1-3-16-13-12(19-2)11(17-7-18-13)8-4-5-9(14)10(15)6-8/h4-7H,3H2,1-2H3,(H,16,17,18). The van der Waals surface area contributed by atoms with Gasteiger partial charge in [0.1, 0.15) is 12.0 Å². The second kappa shape index (κ2) is 5.60. The van der Waals surface area contributed by atoms with Gasteiger partial charge in [-0.2, -0.15) is 0 Å². The molecule has 1 aromatic heterocycles. The molecule has 2 aromatic rings. The summed E-state index contributed by atoms with van der Waals surface area (Å²) in [5, 5.41) is 3.02. The summed E-state index contributed by atoms with van der Waals surface area (Å²) in [6.45, 7) is 2.57. The van der Waals surface area contributed by atoms with Gasteiger partial charge in [0.2, 0.25) is 0 Å². The summed E-state index contributed by atoms with van der Waals surface area (Å²) in [5.41, 5.74) is 0.838. The molecule has 19 heavy (non-hydrogen) atoms. The molecule has 0 saturated carbocycles. The van der Waals surface area contributed by atoms with Gasteiger partial charge in [-0.05, 0) is 25.1 Å². The van der Waals surface area contributed by atoms with E-state index >= 15 is 0 Å². The predicted octanol–water partition coefficient (Wildman–Crippen LogP) is 2.86. The molecule has 0 unspecified atom stereocenters. The number of aromatic nitrogens is 2. The van der Waals surface area contributed by atoms with Crippen LogP contribution < -0.4 is 10.1 Å². The highest BCUT2D eigenvalue weighted by Gasteiger charge is 2.14. The molecule has 100 valence electrons. The summed E-state index contributed by atoms with van der Waals surface area (Å²) in [6.07, 6.45) is 1.34. The average molecular weight is 265 g/mol. The molecule has 1 heterocycles. The fourth-order valence-corrected chi connectivity index (χ4v) is 1.71. The number of halogens is 2. The van der Waals surface area contributed by atoms with Gasteiger partial charge >= 0.3 is 0 Å². The molecular formula is C13H13F2N3O. The monoisotopic (exact) mass is 265 g/mol. The van der Waals surface area contributed by atoms with E-state index in [2.05, 4.69) is 15.3 Å². The van der Waals surface area contributed by atoms with Crippen molar-refractivity contribution in [2.75, 3.05) is 19.0 Å². The third-order valence-electron chi connectivity index (χ3n) is 2.55. The topological polar surface area (TPSA) is 47.0 Å². The van der Waals surface area contributed by atoms with E-state index in [1.807, 2.05) is 6.92 Å². The zero-order valence-electron chi connectivity index (χ0n) is 10.6. The van der Waals surface area contributed by atoms with Gasteiger partial charge in [-0.3, -0.25) is 0 Å². The molecule has 0 aliphatic rings. The van der Waals surface area contributed by atoms with Crippen LogP contribution in [0.2, 0.25) is 0 Å². The van der Waals surface area contributed by atoms with Gasteiger partial charge in [0.05, 0.1) is 7.11 Å². The first-order valence-corrected chi connectivity index (χ1v) is 5.75. The Hall–Kier alpha value is -2.24. The number of hydrogen-bond acceptors (Lipinski definition) is 4. The van der Waals surface area contributed by atoms with Crippen LogP contribution >= 0.6 is 0 Å². The Morgan fingerprint density at radius 1 is 1.21 bits per heavy atom. The second-order valence-electron chi connectivity index (χ2n) is 3.76. The van der Waals surface area contributed by atoms with Gasteiger partial charge in [-0.25, -0.2) is 18.7 Å². The minimum atomic E-state index is -0.928. The van der Waals surface area contributed by atoms with Crippen molar-refractivity contribution in [1.29, 1.82) is 0 Å². The van der Waals surface area contributed by atoms with E-state index in [9.17, 15) is 8.78 Å². The quantitative estimate of drug-likeness (QED) is 0.923. The van der Waals surface area contributed by atoms with E-state index in [1.54, 1.807) is 0 Å². The van der Waals surface area contributed by atoms with Crippen LogP contribution in [0, 0.1) is 11.6 Å². The van der Waals surface area contributed by atoms with Crippen LogP contribution in [0.25, 0.3) is 11.3 Å². The maximum atomic E-state index is 13.3. The maximum Gasteiger partial charge on any atom is 0.187 e. The normalized spacial score (nSPS) is 10.3. The number of nitrogens with zero attached hydrogens (tertiary/aromatic N) is 2. The number of hydrogen-bond donors (Lipinski definition) is 1. The van der Waals surface area contributed by atoms with E-state index < -0.39 is 11.6 Å². The molecule has 0 radical (unpaired) electrons. The van der Waals surface area contributed by atoms with Crippen LogP contribution in [-0.4, -0.2) is 23.6 Å². The molecule has 1 N–H and O–H groups in total. The minimum absolute atomic E-state index is 0.398. The third-order valence-corrected chi connectivity index (χ3v) is 2.55. The molecule has 0 bridgehead atoms. The van der Waals surface area contributed by atoms with Crippen molar-refractivity contribution >= 4 is 5.82 Å². The van der Waals surface area contributed by atoms with Crippen molar-refractivity contribution in [3.63, 3.8) is 0 Å². The van der Waals surface area contributed by atoms with E-state index in [4.69, 9.17) is 4.74 Å². The Kier molecular flexibility index (Phi) is 3.89. The van der Waals surface area contributed by atoms with Crippen molar-refractivity contribution in [2.45, 2.75) is 6.92 Å². The first-order valence-electron chi connectivity index (χ1n) is 5.75. The summed E-state index contributed by atoms with van der Waals surface area (Å²) in [4.78, 5) is 8.12. The highest BCUT2D eigenvalue weighted by molar-refractivity contribution is 5.72. The Labute approximate surface area is 109 Å². The van der Waals surface area contributed by atoms with Crippen molar-refractivity contribution < 1.29 is 13.5 Å². The molecule has 4 nitrogen and oxygen atoms in total. The largest absolute Gasteiger partial charge is 0.491 e. The molecular weight excluding hydrogens is 252 g/mol. The predicted molar refractivity (Wildman–Crippen MR) is 68.1 cm³/mol. The lowest BCUT2D eigenvalue weighted by atomic mass is 10.1. The van der Waals surface area contributed by atoms with Crippen molar-refractivity contribution in [3.8, 4) is 17.0 Å². The van der Waals surface area contributed by atoms with Crippen molar-refractivity contribution in [1.82, 2.24) is 9.97 Å². The number of benzene rings is 1. The lowest BCUT2D eigenvalue weighted by molar-refractivity contribution is 0.414. The smallest absolute Gasteiger partial charge is 0.187 e. The fourth-order valence-electron chi connectivity index (χ4n) is 1.71. The number of ether oxygens (including phenoxy) is 1. The highest BCUT2D eigenvalue weighted by Crippen LogP contribution is 2.33. The van der Waals surface area contributed by atoms with Gasteiger partial charge in [-0.1, -0.05) is 0 Å². The summed E-state index contributed by atoms with van der Waals surface area (Å²) < 4.78 is 31.5. The lowest BCUT2D eigenvalue weighted by Gasteiger charge is -2.12. The van der Waals surface area contributed by atoms with Crippen LogP contribution in [0.3, 0.4) is 0 Å². The number of anilines is 1. The van der Waals surface area contributed by atoms with Crippen molar-refractivity contribution in [3.05, 3.63) is 36.2 Å². The third kappa shape index (κ3) is 2.62. The van der Waals surface area contributed by atoms with E-state index in [-0.39, 0.29) is 0 Å². The van der Waals surface area contributed by atoms with E-state index in [0.29, 0.717) is 29.4 Å². The molecule has 0 amide bonds. The van der Waals surface area contributed by atoms with Crippen LogP contribution in [0.5, 0.6) is 5.75 Å². The van der Waals surface area contributed by atoms with Crippen LogP contribution in [-0.2, 0) is 0 Å². The second-order valence-corrected chi connectivity index (χ2v) is 3.76. The molecule has 1 aromatic carbocycles. The van der Waals surface area contributed by atoms with Crippen LogP contribution in [0.1, 0.15) is 6.92 Å². The van der Waals surface area contributed by atoms with Gasteiger partial charge in [0.25, 0.3) is 0 Å². The van der Waals surface area contributed by atoms with Gasteiger partial charge in [0.15, 0.2) is 23.2 Å². The number of methoxy groups -OCH3 is 1. The SMILES string of the molecule is CCNc1ncnc(-c2ccc(F)c(F)c2)c1OC. The molecule has 0 aliphatic heterocycles. The number of rotatable bonds is 4. The summed E-state index contributed by atoms with van der Waals surface area (Å²) in [7, 11) is 1.48. The Morgan fingerprint density at radius 3 is 2.63 bits per heavy atom. The van der Waals surface area contributed by atoms with Gasteiger partial charge < -0.3 is 10.1 Å². The van der Waals surface area contributed by atoms with E-state index in [0.717, 1.165) is 12.1 Å². The molecule has 0 fully saturated rings. The summed E-state index contributed by atoms with van der Waals surface area (Å²) in [6, 6.07) is 3.58. The van der Waals surface area contributed by atoms with Gasteiger partial charge in [0, 0.05) is 12.1 Å². The summed E-state index contributed by atoms with van der Waals surface area (Å²) >= 11 is 0. The molecule has 0 aliphatic carbocycles. The van der Waals surface area contributed by atoms with Crippen molar-refractivity contribution in [2.24, 2.45) is 0 Å². The zero-order valence-corrected chi connectivity index (χ0v) is 10.6. The molecule has 0 saturated heterocycles. The molecule has 0 atom stereocenters. The molecule has 2 rings (SSSR count). The first kappa shape index (κ1) is 13.2. The fraction of sp³-hybridized carbons (Fsp3) is 0.231. The van der Waals surface area contributed by atoms with Gasteiger partial charge in [-0.15, -0.1) is 0 Å². The number of nitrogens with one attached hydrogen (secondary N) is 1. The average Bonchev–Trinajstić information content (AvgIpc) is 2.42. The summed E-state index contributed by atoms with van der Waals surface area (Å²) in [5.74, 6) is -0.915. The highest BCUT2D eigenvalue weighted by atomic mass is 19.2. The Bertz CT molecular complexity index is 590. The van der Waals surface area contributed by atoms with Crippen LogP contribution in [0.4, 0.5) is 14.6 Å². The van der Waals surface area contributed by atoms with Crippen LogP contribution in [0.15, 0.2) is 24.5 Å². The zero-order chi connectivity index (χ0) is 13.8. The molecule has 0 spiro atoms. The maximum absolute atomic E-state index is 13.3.